The SMILES string of the molecule is COCCC1(C(N)=O)CC(C)(C(=O)O)NN1. The highest BCUT2D eigenvalue weighted by molar-refractivity contribution is 5.88. The van der Waals surface area contributed by atoms with Gasteiger partial charge in [0.25, 0.3) is 0 Å². The molecule has 0 bridgehead atoms. The molecule has 0 aliphatic carbocycles. The van der Waals surface area contributed by atoms with Crippen LogP contribution < -0.4 is 16.6 Å². The number of hydrogen-bond acceptors (Lipinski definition) is 5. The Bertz CT molecular complexity index is 309. The number of carbonyl (C=O) groups is 2. The van der Waals surface area contributed by atoms with E-state index >= 15 is 0 Å². The smallest absolute Gasteiger partial charge is 0.325 e. The van der Waals surface area contributed by atoms with E-state index in [0.717, 1.165) is 0 Å². The quantitative estimate of drug-likeness (QED) is 0.462. The number of hydrogen-bond donors (Lipinski definition) is 4. The minimum absolute atomic E-state index is 0.0913. The van der Waals surface area contributed by atoms with Crippen LogP contribution in [-0.2, 0) is 14.3 Å². The van der Waals surface area contributed by atoms with E-state index in [4.69, 9.17) is 15.6 Å². The maximum Gasteiger partial charge on any atom is 0.325 e. The molecule has 7 nitrogen and oxygen atoms in total. The van der Waals surface area contributed by atoms with E-state index in [2.05, 4.69) is 10.9 Å². The van der Waals surface area contributed by atoms with Crippen molar-refractivity contribution in [2.24, 2.45) is 5.73 Å². The van der Waals surface area contributed by atoms with Gasteiger partial charge in [0.2, 0.25) is 5.91 Å². The van der Waals surface area contributed by atoms with Crippen molar-refractivity contribution in [1.82, 2.24) is 10.9 Å². The highest BCUT2D eigenvalue weighted by atomic mass is 16.5. The zero-order valence-corrected chi connectivity index (χ0v) is 9.37. The molecule has 16 heavy (non-hydrogen) atoms. The highest BCUT2D eigenvalue weighted by Crippen LogP contribution is 2.29. The van der Waals surface area contributed by atoms with Crippen LogP contribution in [0, 0.1) is 0 Å². The van der Waals surface area contributed by atoms with Gasteiger partial charge in [-0.25, -0.2) is 10.9 Å². The molecule has 1 saturated heterocycles. The molecule has 1 rings (SSSR count). The van der Waals surface area contributed by atoms with Crippen LogP contribution in [0.2, 0.25) is 0 Å². The second-order valence-electron chi connectivity index (χ2n) is 4.25. The number of nitrogens with two attached hydrogens (primary N) is 1. The Morgan fingerprint density at radius 2 is 2.12 bits per heavy atom. The predicted octanol–water partition coefficient (Wildman–Crippen LogP) is -1.41. The summed E-state index contributed by atoms with van der Waals surface area (Å²) in [6.45, 7) is 1.83. The van der Waals surface area contributed by atoms with E-state index in [1.807, 2.05) is 0 Å². The lowest BCUT2D eigenvalue weighted by molar-refractivity contribution is -0.143. The van der Waals surface area contributed by atoms with Crippen molar-refractivity contribution >= 4 is 11.9 Å². The molecule has 1 aliphatic rings. The van der Waals surface area contributed by atoms with Gasteiger partial charge in [-0.2, -0.15) is 0 Å². The minimum Gasteiger partial charge on any atom is -0.480 e. The number of carbonyl (C=O) groups excluding carboxylic acids is 1. The van der Waals surface area contributed by atoms with E-state index < -0.39 is 23.0 Å². The molecule has 1 heterocycles. The first-order valence-corrected chi connectivity index (χ1v) is 4.93. The molecule has 2 atom stereocenters. The van der Waals surface area contributed by atoms with Crippen molar-refractivity contribution < 1.29 is 19.4 Å². The van der Waals surface area contributed by atoms with E-state index in [1.54, 1.807) is 0 Å². The average molecular weight is 231 g/mol. The third-order valence-electron chi connectivity index (χ3n) is 2.91. The summed E-state index contributed by atoms with van der Waals surface area (Å²) in [5, 5.41) is 9.03. The maximum atomic E-state index is 11.4. The van der Waals surface area contributed by atoms with Gasteiger partial charge < -0.3 is 15.6 Å². The molecule has 1 fully saturated rings. The number of primary amides is 1. The molecular formula is C9H17N3O4. The van der Waals surface area contributed by atoms with Crippen LogP contribution in [0.25, 0.3) is 0 Å². The summed E-state index contributed by atoms with van der Waals surface area (Å²) in [4.78, 5) is 22.4. The number of carboxylic acids is 1. The van der Waals surface area contributed by atoms with Gasteiger partial charge in [0.15, 0.2) is 0 Å². The third kappa shape index (κ3) is 2.16. The van der Waals surface area contributed by atoms with E-state index in [-0.39, 0.29) is 6.42 Å². The van der Waals surface area contributed by atoms with Gasteiger partial charge in [0, 0.05) is 20.1 Å². The fraction of sp³-hybridized carbons (Fsp3) is 0.778. The summed E-state index contributed by atoms with van der Waals surface area (Å²) >= 11 is 0. The molecule has 0 radical (unpaired) electrons. The number of aliphatic carboxylic acids is 1. The topological polar surface area (TPSA) is 114 Å². The Morgan fingerprint density at radius 1 is 1.50 bits per heavy atom. The molecule has 1 aliphatic heterocycles. The van der Waals surface area contributed by atoms with Crippen LogP contribution in [0.4, 0.5) is 0 Å². The van der Waals surface area contributed by atoms with Crippen LogP contribution in [0.1, 0.15) is 19.8 Å². The van der Waals surface area contributed by atoms with E-state index in [1.165, 1.54) is 14.0 Å². The highest BCUT2D eigenvalue weighted by Gasteiger charge is 2.52. The molecule has 7 heteroatoms. The molecule has 0 spiro atoms. The van der Waals surface area contributed by atoms with Gasteiger partial charge in [-0.15, -0.1) is 0 Å². The zero-order valence-electron chi connectivity index (χ0n) is 9.37. The molecule has 5 N–H and O–H groups in total. The maximum absolute atomic E-state index is 11.4. The first kappa shape index (κ1) is 12.9. The summed E-state index contributed by atoms with van der Waals surface area (Å²) in [6.07, 6.45) is 0.419. The summed E-state index contributed by atoms with van der Waals surface area (Å²) in [7, 11) is 1.51. The second kappa shape index (κ2) is 4.36. The number of rotatable bonds is 5. The number of methoxy groups -OCH3 is 1. The minimum atomic E-state index is -1.19. The summed E-state index contributed by atoms with van der Waals surface area (Å²) in [5.41, 5.74) is 8.35. The number of ether oxygens (including phenoxy) is 1. The monoisotopic (exact) mass is 231 g/mol. The van der Waals surface area contributed by atoms with Crippen LogP contribution in [0.5, 0.6) is 0 Å². The van der Waals surface area contributed by atoms with Crippen LogP contribution in [-0.4, -0.2) is 41.8 Å². The standard InChI is InChI=1S/C9H17N3O4/c1-8(7(14)15)5-9(6(10)13,12-11-8)3-4-16-2/h11-12H,3-5H2,1-2H3,(H2,10,13)(H,14,15). The first-order valence-electron chi connectivity index (χ1n) is 4.93. The van der Waals surface area contributed by atoms with Gasteiger partial charge in [-0.1, -0.05) is 0 Å². The number of hydrazine groups is 1. The first-order chi connectivity index (χ1) is 7.36. The fourth-order valence-corrected chi connectivity index (χ4v) is 1.78. The molecular weight excluding hydrogens is 214 g/mol. The Balaban J connectivity index is 2.84. The summed E-state index contributed by atoms with van der Waals surface area (Å²) in [6, 6.07) is 0. The molecule has 0 aromatic heterocycles. The van der Waals surface area contributed by atoms with Gasteiger partial charge in [-0.3, -0.25) is 9.59 Å². The Morgan fingerprint density at radius 3 is 2.50 bits per heavy atom. The van der Waals surface area contributed by atoms with Crippen LogP contribution in [0.15, 0.2) is 0 Å². The molecule has 0 saturated carbocycles. The van der Waals surface area contributed by atoms with Crippen molar-refractivity contribution in [3.63, 3.8) is 0 Å². The third-order valence-corrected chi connectivity index (χ3v) is 2.91. The van der Waals surface area contributed by atoms with Crippen molar-refractivity contribution in [1.29, 1.82) is 0 Å². The van der Waals surface area contributed by atoms with Crippen molar-refractivity contribution in [2.75, 3.05) is 13.7 Å². The number of amides is 1. The van der Waals surface area contributed by atoms with E-state index in [0.29, 0.717) is 13.0 Å². The van der Waals surface area contributed by atoms with E-state index in [9.17, 15) is 9.59 Å². The lowest BCUT2D eigenvalue weighted by Gasteiger charge is -2.25. The lowest BCUT2D eigenvalue weighted by atomic mass is 9.84. The largest absolute Gasteiger partial charge is 0.480 e. The van der Waals surface area contributed by atoms with Crippen molar-refractivity contribution in [3.8, 4) is 0 Å². The average Bonchev–Trinajstić information content (AvgIpc) is 2.56. The van der Waals surface area contributed by atoms with Crippen molar-refractivity contribution in [2.45, 2.75) is 30.8 Å². The molecule has 0 aromatic carbocycles. The van der Waals surface area contributed by atoms with Crippen molar-refractivity contribution in [3.05, 3.63) is 0 Å². The lowest BCUT2D eigenvalue weighted by Crippen LogP contribution is -2.54. The molecule has 1 amide bonds. The normalized spacial score (nSPS) is 33.9. The number of nitrogens with one attached hydrogen (secondary N) is 2. The van der Waals surface area contributed by atoms with Crippen LogP contribution in [0.3, 0.4) is 0 Å². The van der Waals surface area contributed by atoms with Gasteiger partial charge in [-0.05, 0) is 13.3 Å². The molecule has 92 valence electrons. The predicted molar refractivity (Wildman–Crippen MR) is 55.3 cm³/mol. The summed E-state index contributed by atoms with van der Waals surface area (Å²) in [5.74, 6) is -1.61. The van der Waals surface area contributed by atoms with Gasteiger partial charge >= 0.3 is 5.97 Å². The Hall–Kier alpha value is -1.18. The number of carboxylic acid groups (broad SMARTS) is 1. The van der Waals surface area contributed by atoms with Crippen LogP contribution >= 0.6 is 0 Å². The summed E-state index contributed by atoms with van der Waals surface area (Å²) < 4.78 is 4.88. The Labute approximate surface area is 93.3 Å². The zero-order chi connectivity index (χ0) is 12.4. The Kier molecular flexibility index (Phi) is 3.51. The van der Waals surface area contributed by atoms with Gasteiger partial charge in [0.05, 0.1) is 0 Å². The second-order valence-corrected chi connectivity index (χ2v) is 4.25. The molecule has 2 unspecified atom stereocenters. The van der Waals surface area contributed by atoms with Gasteiger partial charge in [0.1, 0.15) is 11.1 Å². The fourth-order valence-electron chi connectivity index (χ4n) is 1.78. The molecule has 0 aromatic rings.